The molecule has 0 aromatic heterocycles. The van der Waals surface area contributed by atoms with E-state index in [-0.39, 0.29) is 42.0 Å². The maximum absolute atomic E-state index is 13.4. The van der Waals surface area contributed by atoms with Crippen LogP contribution in [0, 0.1) is 0 Å². The normalized spacial score (nSPS) is 20.4. The third-order valence-electron chi connectivity index (χ3n) is 5.42. The molecule has 0 radical (unpaired) electrons. The number of aliphatic carboxylic acids is 1. The van der Waals surface area contributed by atoms with E-state index in [9.17, 15) is 19.5 Å². The average Bonchev–Trinajstić information content (AvgIpc) is 3.18. The van der Waals surface area contributed by atoms with Gasteiger partial charge in [0.2, 0.25) is 0 Å². The lowest BCUT2D eigenvalue weighted by Gasteiger charge is -2.31. The summed E-state index contributed by atoms with van der Waals surface area (Å²) in [6, 6.07) is 2.30. The number of methoxy groups -OCH3 is 2. The number of carbonyl (C=O) groups excluding carboxylic acids is 2. The van der Waals surface area contributed by atoms with Gasteiger partial charge in [-0.05, 0) is 19.4 Å². The van der Waals surface area contributed by atoms with Gasteiger partial charge in [0.25, 0.3) is 5.91 Å². The number of carboxylic acid groups (broad SMARTS) is 1. The molecule has 34 heavy (non-hydrogen) atoms. The van der Waals surface area contributed by atoms with Crippen LogP contribution in [0.25, 0.3) is 0 Å². The van der Waals surface area contributed by atoms with E-state index in [0.717, 1.165) is 10.5 Å². The summed E-state index contributed by atoms with van der Waals surface area (Å²) >= 11 is 0. The fourth-order valence-electron chi connectivity index (χ4n) is 3.81. The van der Waals surface area contributed by atoms with Crippen LogP contribution >= 0.6 is 21.6 Å². The van der Waals surface area contributed by atoms with Crippen LogP contribution in [0.5, 0.6) is 11.5 Å². The standard InChI is InChI=1S/C22H28N2O8S2/c1-12-7-16-21(28)24(22(29)32-11-13(2)34-33-6-5-19(25)26)15-9-18(31-4)17(30-3)8-14(15)20(27)23(16)10-12/h8-9,13,16,21,28H,1,5-7,10-11H2,2-4H3,(H,25,26)/t13-,16+,21?/m1/s1. The summed E-state index contributed by atoms with van der Waals surface area (Å²) in [4.78, 5) is 39.8. The van der Waals surface area contributed by atoms with Crippen molar-refractivity contribution in [2.75, 3.05) is 38.0 Å². The van der Waals surface area contributed by atoms with Crippen LogP contribution in [0.15, 0.2) is 24.3 Å². The fourth-order valence-corrected chi connectivity index (χ4v) is 5.92. The summed E-state index contributed by atoms with van der Waals surface area (Å²) in [6.07, 6.45) is -1.77. The topological polar surface area (TPSA) is 126 Å². The van der Waals surface area contributed by atoms with E-state index in [1.165, 1.54) is 52.8 Å². The molecule has 2 heterocycles. The number of amides is 2. The summed E-state index contributed by atoms with van der Waals surface area (Å²) < 4.78 is 16.2. The number of hydrogen-bond acceptors (Lipinski definition) is 9. The third-order valence-corrected chi connectivity index (χ3v) is 8.29. The number of anilines is 1. The van der Waals surface area contributed by atoms with Crippen molar-refractivity contribution in [3.8, 4) is 11.5 Å². The zero-order chi connectivity index (χ0) is 25.0. The van der Waals surface area contributed by atoms with Crippen molar-refractivity contribution >= 4 is 45.2 Å². The molecule has 2 aliphatic heterocycles. The van der Waals surface area contributed by atoms with Gasteiger partial charge in [-0.15, -0.1) is 0 Å². The molecule has 1 unspecified atom stereocenters. The summed E-state index contributed by atoms with van der Waals surface area (Å²) in [7, 11) is 5.67. The minimum atomic E-state index is -1.36. The summed E-state index contributed by atoms with van der Waals surface area (Å²) in [6.45, 7) is 6.10. The number of aliphatic hydroxyl groups excluding tert-OH is 1. The molecule has 1 aromatic rings. The quantitative estimate of drug-likeness (QED) is 0.290. The first-order valence-electron chi connectivity index (χ1n) is 10.6. The summed E-state index contributed by atoms with van der Waals surface area (Å²) in [5.74, 6) is -0.178. The number of aliphatic hydroxyl groups is 1. The third kappa shape index (κ3) is 5.56. The molecule has 2 N–H and O–H groups in total. The van der Waals surface area contributed by atoms with E-state index in [1.54, 1.807) is 0 Å². The SMILES string of the molecule is C=C1C[C@H]2C(O)N(C(=O)OC[C@@H](C)SSCCC(=O)O)c3cc(OC)c(OC)cc3C(=O)N2C1. The highest BCUT2D eigenvalue weighted by molar-refractivity contribution is 8.76. The van der Waals surface area contributed by atoms with Crippen LogP contribution in [0.3, 0.4) is 0 Å². The lowest BCUT2D eigenvalue weighted by molar-refractivity contribution is -0.136. The Morgan fingerprint density at radius 2 is 1.94 bits per heavy atom. The molecule has 1 saturated heterocycles. The Kier molecular flexibility index (Phi) is 8.61. The number of carbonyl (C=O) groups is 3. The Hall–Kier alpha value is -2.57. The lowest BCUT2D eigenvalue weighted by atomic mass is 10.1. The van der Waals surface area contributed by atoms with Crippen molar-refractivity contribution in [2.45, 2.75) is 37.3 Å². The Labute approximate surface area is 205 Å². The van der Waals surface area contributed by atoms with Crippen LogP contribution < -0.4 is 14.4 Å². The molecule has 186 valence electrons. The minimum absolute atomic E-state index is 0.0322. The van der Waals surface area contributed by atoms with E-state index in [1.807, 2.05) is 6.92 Å². The summed E-state index contributed by atoms with van der Waals surface area (Å²) in [5.41, 5.74) is 1.12. The molecule has 2 aliphatic rings. The first-order valence-corrected chi connectivity index (χ1v) is 12.9. The molecule has 3 atom stereocenters. The van der Waals surface area contributed by atoms with Gasteiger partial charge in [0.15, 0.2) is 17.7 Å². The van der Waals surface area contributed by atoms with E-state index in [4.69, 9.17) is 19.3 Å². The zero-order valence-electron chi connectivity index (χ0n) is 19.2. The monoisotopic (exact) mass is 512 g/mol. The van der Waals surface area contributed by atoms with Crippen molar-refractivity contribution < 1.29 is 38.8 Å². The van der Waals surface area contributed by atoms with Crippen molar-refractivity contribution in [3.63, 3.8) is 0 Å². The number of rotatable bonds is 9. The van der Waals surface area contributed by atoms with E-state index in [0.29, 0.717) is 23.7 Å². The van der Waals surface area contributed by atoms with Gasteiger partial charge < -0.3 is 29.3 Å². The maximum atomic E-state index is 13.4. The number of ether oxygens (including phenoxy) is 3. The van der Waals surface area contributed by atoms with Crippen LogP contribution in [0.2, 0.25) is 0 Å². The Bertz CT molecular complexity index is 972. The average molecular weight is 513 g/mol. The second-order valence-electron chi connectivity index (χ2n) is 7.91. The molecule has 2 amide bonds. The van der Waals surface area contributed by atoms with Gasteiger partial charge >= 0.3 is 12.1 Å². The molecular weight excluding hydrogens is 484 g/mol. The predicted molar refractivity (Wildman–Crippen MR) is 130 cm³/mol. The predicted octanol–water partition coefficient (Wildman–Crippen LogP) is 2.99. The first kappa shape index (κ1) is 26.0. The second kappa shape index (κ2) is 11.2. The minimum Gasteiger partial charge on any atom is -0.493 e. The Morgan fingerprint density at radius 1 is 1.26 bits per heavy atom. The molecule has 3 rings (SSSR count). The van der Waals surface area contributed by atoms with Crippen LogP contribution in [-0.4, -0.2) is 83.7 Å². The van der Waals surface area contributed by atoms with Gasteiger partial charge in [0, 0.05) is 23.6 Å². The molecular formula is C22H28N2O8S2. The van der Waals surface area contributed by atoms with Crippen LogP contribution in [0.1, 0.15) is 30.1 Å². The number of nitrogens with zero attached hydrogens (tertiary/aromatic N) is 2. The maximum Gasteiger partial charge on any atom is 0.416 e. The largest absolute Gasteiger partial charge is 0.493 e. The molecule has 10 nitrogen and oxygen atoms in total. The lowest BCUT2D eigenvalue weighted by Crippen LogP contribution is -2.51. The molecule has 0 bridgehead atoms. The fraction of sp³-hybridized carbons (Fsp3) is 0.500. The zero-order valence-corrected chi connectivity index (χ0v) is 20.8. The van der Waals surface area contributed by atoms with Crippen LogP contribution in [0.4, 0.5) is 10.5 Å². The molecule has 0 saturated carbocycles. The number of benzene rings is 1. The van der Waals surface area contributed by atoms with Crippen molar-refractivity contribution in [2.24, 2.45) is 0 Å². The first-order chi connectivity index (χ1) is 16.2. The Morgan fingerprint density at radius 3 is 2.59 bits per heavy atom. The molecule has 1 fully saturated rings. The molecule has 0 aliphatic carbocycles. The van der Waals surface area contributed by atoms with Gasteiger partial charge in [-0.25, -0.2) is 9.69 Å². The molecule has 12 heteroatoms. The van der Waals surface area contributed by atoms with Gasteiger partial charge in [0.05, 0.1) is 37.9 Å². The van der Waals surface area contributed by atoms with E-state index in [2.05, 4.69) is 6.58 Å². The highest BCUT2D eigenvalue weighted by Crippen LogP contribution is 2.41. The number of carboxylic acids is 1. The van der Waals surface area contributed by atoms with Gasteiger partial charge in [-0.2, -0.15) is 0 Å². The van der Waals surface area contributed by atoms with Gasteiger partial charge in [0.1, 0.15) is 6.61 Å². The number of fused-ring (bicyclic) bond motifs is 2. The highest BCUT2D eigenvalue weighted by Gasteiger charge is 2.46. The van der Waals surface area contributed by atoms with Crippen molar-refractivity contribution in [1.82, 2.24) is 4.90 Å². The van der Waals surface area contributed by atoms with E-state index >= 15 is 0 Å². The smallest absolute Gasteiger partial charge is 0.416 e. The molecule has 0 spiro atoms. The highest BCUT2D eigenvalue weighted by atomic mass is 33.1. The second-order valence-corrected chi connectivity index (χ2v) is 10.8. The Balaban J connectivity index is 1.85. The van der Waals surface area contributed by atoms with E-state index < -0.39 is 24.3 Å². The van der Waals surface area contributed by atoms with Gasteiger partial charge in [-0.3, -0.25) is 9.59 Å². The molecule has 1 aromatic carbocycles. The van der Waals surface area contributed by atoms with Crippen molar-refractivity contribution in [3.05, 3.63) is 29.8 Å². The summed E-state index contributed by atoms with van der Waals surface area (Å²) in [5, 5.41) is 19.8. The number of hydrogen-bond donors (Lipinski definition) is 2. The van der Waals surface area contributed by atoms with Crippen LogP contribution in [-0.2, 0) is 9.53 Å². The van der Waals surface area contributed by atoms with Gasteiger partial charge in [-0.1, -0.05) is 33.7 Å². The van der Waals surface area contributed by atoms with Crippen molar-refractivity contribution in [1.29, 1.82) is 0 Å².